The Bertz CT molecular complexity index is 874. The largest absolute Gasteiger partial charge is 0.496 e. The van der Waals surface area contributed by atoms with Gasteiger partial charge in [-0.1, -0.05) is 18.2 Å². The maximum absolute atomic E-state index is 13.8. The highest BCUT2D eigenvalue weighted by Crippen LogP contribution is 2.21. The summed E-state index contributed by atoms with van der Waals surface area (Å²) in [5.74, 6) is 0.316. The first kappa shape index (κ1) is 24.7. The first-order chi connectivity index (χ1) is 13.4. The third-order valence-electron chi connectivity index (χ3n) is 4.40. The summed E-state index contributed by atoms with van der Waals surface area (Å²) in [6.45, 7) is 4.09. The molecule has 0 saturated heterocycles. The second-order valence-corrected chi connectivity index (χ2v) is 6.33. The Hall–Kier alpha value is -2.36. The van der Waals surface area contributed by atoms with Crippen LogP contribution in [0.15, 0.2) is 41.4 Å². The van der Waals surface area contributed by atoms with Gasteiger partial charge in [0, 0.05) is 13.6 Å². The molecule has 0 bridgehead atoms. The summed E-state index contributed by atoms with van der Waals surface area (Å²) in [6.07, 6.45) is 0. The van der Waals surface area contributed by atoms with Crippen LogP contribution in [0.3, 0.4) is 0 Å². The number of aliphatic imine (C=N–C) groups is 1. The molecule has 1 unspecified atom stereocenters. The molecule has 0 saturated carbocycles. The zero-order valence-corrected chi connectivity index (χ0v) is 19.5. The summed E-state index contributed by atoms with van der Waals surface area (Å²) in [6, 6.07) is 10.3. The molecule has 0 aliphatic heterocycles. The van der Waals surface area contributed by atoms with Crippen LogP contribution < -0.4 is 15.4 Å². The van der Waals surface area contributed by atoms with Gasteiger partial charge in [0.1, 0.15) is 17.1 Å². The maximum atomic E-state index is 13.8. The molecule has 0 amide bonds. The van der Waals surface area contributed by atoms with Crippen LogP contribution in [0, 0.1) is 12.7 Å². The molecule has 158 valence electrons. The Morgan fingerprint density at radius 2 is 1.93 bits per heavy atom. The van der Waals surface area contributed by atoms with Crippen molar-refractivity contribution >= 4 is 35.9 Å². The quantitative estimate of drug-likeness (QED) is 0.264. The molecule has 0 radical (unpaired) electrons. The van der Waals surface area contributed by atoms with Gasteiger partial charge in [-0.25, -0.2) is 9.18 Å². The first-order valence-electron chi connectivity index (χ1n) is 8.88. The first-order valence-corrected chi connectivity index (χ1v) is 8.88. The van der Waals surface area contributed by atoms with Crippen molar-refractivity contribution in [2.45, 2.75) is 26.4 Å². The monoisotopic (exact) mass is 515 g/mol. The van der Waals surface area contributed by atoms with E-state index < -0.39 is 5.97 Å². The summed E-state index contributed by atoms with van der Waals surface area (Å²) >= 11 is 0. The van der Waals surface area contributed by atoms with Gasteiger partial charge in [-0.05, 0) is 48.7 Å². The summed E-state index contributed by atoms with van der Waals surface area (Å²) in [5.41, 5.74) is 2.65. The van der Waals surface area contributed by atoms with Crippen molar-refractivity contribution in [3.05, 3.63) is 64.5 Å². The normalized spacial score (nSPS) is 11.9. The Morgan fingerprint density at radius 1 is 1.21 bits per heavy atom. The number of nitrogens with zero attached hydrogens (tertiary/aromatic N) is 1. The molecule has 6 nitrogen and oxygen atoms in total. The molecule has 2 aromatic rings. The van der Waals surface area contributed by atoms with Gasteiger partial charge in [0.05, 0.1) is 20.3 Å². The molecule has 0 aliphatic rings. The molecular formula is C21H27FIN3O3. The highest BCUT2D eigenvalue weighted by Gasteiger charge is 2.14. The number of benzene rings is 2. The van der Waals surface area contributed by atoms with E-state index in [1.54, 1.807) is 32.2 Å². The van der Waals surface area contributed by atoms with E-state index in [4.69, 9.17) is 9.47 Å². The van der Waals surface area contributed by atoms with Crippen molar-refractivity contribution in [3.8, 4) is 5.75 Å². The third-order valence-corrected chi connectivity index (χ3v) is 4.40. The third kappa shape index (κ3) is 6.59. The van der Waals surface area contributed by atoms with Gasteiger partial charge < -0.3 is 20.1 Å². The van der Waals surface area contributed by atoms with Crippen molar-refractivity contribution in [2.75, 3.05) is 21.3 Å². The fourth-order valence-corrected chi connectivity index (χ4v) is 2.68. The van der Waals surface area contributed by atoms with E-state index in [2.05, 4.69) is 15.6 Å². The number of ether oxygens (including phenoxy) is 2. The van der Waals surface area contributed by atoms with Crippen molar-refractivity contribution in [1.29, 1.82) is 0 Å². The molecular weight excluding hydrogens is 488 g/mol. The lowest BCUT2D eigenvalue weighted by molar-refractivity contribution is 0.0597. The molecule has 2 rings (SSSR count). The number of carbonyl (C=O) groups excluding carboxylic acids is 1. The van der Waals surface area contributed by atoms with E-state index in [1.165, 1.54) is 20.3 Å². The van der Waals surface area contributed by atoms with Gasteiger partial charge in [-0.3, -0.25) is 4.99 Å². The maximum Gasteiger partial charge on any atom is 0.341 e. The molecule has 29 heavy (non-hydrogen) atoms. The van der Waals surface area contributed by atoms with E-state index in [1.807, 2.05) is 19.1 Å². The van der Waals surface area contributed by atoms with Crippen molar-refractivity contribution in [3.63, 3.8) is 0 Å². The molecule has 2 aromatic carbocycles. The number of esters is 1. The summed E-state index contributed by atoms with van der Waals surface area (Å²) in [5, 5.41) is 6.41. The minimum Gasteiger partial charge on any atom is -0.496 e. The molecule has 8 heteroatoms. The van der Waals surface area contributed by atoms with E-state index in [-0.39, 0.29) is 35.8 Å². The molecule has 0 aliphatic carbocycles. The Balaban J connectivity index is 0.00000420. The Morgan fingerprint density at radius 3 is 2.52 bits per heavy atom. The lowest BCUT2D eigenvalue weighted by Crippen LogP contribution is -2.38. The van der Waals surface area contributed by atoms with Gasteiger partial charge in [-0.15, -0.1) is 24.0 Å². The van der Waals surface area contributed by atoms with E-state index in [0.717, 1.165) is 11.1 Å². The lowest BCUT2D eigenvalue weighted by Gasteiger charge is -2.19. The Labute approximate surface area is 187 Å². The lowest BCUT2D eigenvalue weighted by atomic mass is 10.1. The van der Waals surface area contributed by atoms with Gasteiger partial charge in [0.2, 0.25) is 0 Å². The van der Waals surface area contributed by atoms with E-state index in [9.17, 15) is 9.18 Å². The van der Waals surface area contributed by atoms with Gasteiger partial charge >= 0.3 is 5.97 Å². The summed E-state index contributed by atoms with van der Waals surface area (Å²) in [7, 11) is 4.49. The minimum atomic E-state index is -0.462. The van der Waals surface area contributed by atoms with Crippen LogP contribution in [0.4, 0.5) is 4.39 Å². The Kier molecular flexibility index (Phi) is 9.87. The second kappa shape index (κ2) is 11.6. The molecule has 2 N–H and O–H groups in total. The number of halogens is 2. The predicted molar refractivity (Wildman–Crippen MR) is 123 cm³/mol. The number of guanidine groups is 1. The fourth-order valence-electron chi connectivity index (χ4n) is 2.68. The number of rotatable bonds is 6. The molecule has 0 heterocycles. The van der Waals surface area contributed by atoms with Crippen molar-refractivity contribution < 1.29 is 18.7 Å². The fraction of sp³-hybridized carbons (Fsp3) is 0.333. The van der Waals surface area contributed by atoms with Crippen LogP contribution >= 0.6 is 24.0 Å². The standard InChI is InChI=1S/C21H26FN3O3.HI/c1-13-6-8-16(11-18(13)22)14(2)25-21(23-3)24-12-15-7-9-19(27-4)17(10-15)20(26)28-5;/h6-11,14H,12H2,1-5H3,(H2,23,24,25);1H. The van der Waals surface area contributed by atoms with Gasteiger partial charge in [0.15, 0.2) is 5.96 Å². The van der Waals surface area contributed by atoms with Crippen molar-refractivity contribution in [1.82, 2.24) is 10.6 Å². The number of nitrogens with one attached hydrogen (secondary N) is 2. The van der Waals surface area contributed by atoms with Crippen LogP contribution in [0.25, 0.3) is 0 Å². The highest BCUT2D eigenvalue weighted by atomic mass is 127. The van der Waals surface area contributed by atoms with Crippen LogP contribution in [-0.2, 0) is 11.3 Å². The number of aryl methyl sites for hydroxylation is 1. The average molecular weight is 515 g/mol. The number of carbonyl (C=O) groups is 1. The summed E-state index contributed by atoms with van der Waals surface area (Å²) < 4.78 is 23.8. The zero-order valence-electron chi connectivity index (χ0n) is 17.2. The average Bonchev–Trinajstić information content (AvgIpc) is 2.71. The van der Waals surface area contributed by atoms with Gasteiger partial charge in [-0.2, -0.15) is 0 Å². The highest BCUT2D eigenvalue weighted by molar-refractivity contribution is 14.0. The minimum absolute atomic E-state index is 0. The SMILES string of the molecule is CN=C(NCc1ccc(OC)c(C(=O)OC)c1)NC(C)c1ccc(C)c(F)c1.I. The number of hydrogen-bond donors (Lipinski definition) is 2. The molecule has 1 atom stereocenters. The number of methoxy groups -OCH3 is 2. The van der Waals surface area contributed by atoms with Crippen LogP contribution in [0.1, 0.15) is 40.0 Å². The molecule has 0 fully saturated rings. The van der Waals surface area contributed by atoms with Crippen LogP contribution in [0.5, 0.6) is 5.75 Å². The van der Waals surface area contributed by atoms with E-state index in [0.29, 0.717) is 29.4 Å². The molecule has 0 spiro atoms. The topological polar surface area (TPSA) is 72.0 Å². The van der Waals surface area contributed by atoms with Gasteiger partial charge in [0.25, 0.3) is 0 Å². The van der Waals surface area contributed by atoms with Crippen LogP contribution in [0.2, 0.25) is 0 Å². The van der Waals surface area contributed by atoms with E-state index >= 15 is 0 Å². The smallest absolute Gasteiger partial charge is 0.341 e. The second-order valence-electron chi connectivity index (χ2n) is 6.33. The number of hydrogen-bond acceptors (Lipinski definition) is 4. The predicted octanol–water partition coefficient (Wildman–Crippen LogP) is 3.97. The summed E-state index contributed by atoms with van der Waals surface area (Å²) in [4.78, 5) is 16.1. The van der Waals surface area contributed by atoms with Crippen LogP contribution in [-0.4, -0.2) is 33.2 Å². The molecule has 0 aromatic heterocycles. The zero-order chi connectivity index (χ0) is 20.7. The van der Waals surface area contributed by atoms with Crippen molar-refractivity contribution in [2.24, 2.45) is 4.99 Å².